The summed E-state index contributed by atoms with van der Waals surface area (Å²) in [4.78, 5) is 41.0. The Morgan fingerprint density at radius 3 is 1.38 bits per heavy atom. The molecule has 0 aromatic heterocycles. The summed E-state index contributed by atoms with van der Waals surface area (Å²) in [5.41, 5.74) is 0.908. The summed E-state index contributed by atoms with van der Waals surface area (Å²) < 4.78 is 11.6. The molecule has 52 heavy (non-hydrogen) atoms. The monoisotopic (exact) mass is 736 g/mol. The minimum absolute atomic E-state index is 0.0277. The molecule has 5 aromatic carbocycles. The van der Waals surface area contributed by atoms with Crippen molar-refractivity contribution in [3.63, 3.8) is 0 Å². The Morgan fingerprint density at radius 2 is 0.981 bits per heavy atom. The third kappa shape index (κ3) is 9.47. The Labute approximate surface area is 311 Å². The van der Waals surface area contributed by atoms with Crippen LogP contribution in [0, 0.1) is 0 Å². The van der Waals surface area contributed by atoms with Gasteiger partial charge >= 0.3 is 273 Å². The van der Waals surface area contributed by atoms with Crippen molar-refractivity contribution in [2.45, 2.75) is 51.3 Å². The first-order valence-corrected chi connectivity index (χ1v) is 20.7. The normalized spacial score (nSPS) is 13.4. The molecule has 2 atom stereocenters. The van der Waals surface area contributed by atoms with Crippen molar-refractivity contribution < 1.29 is 23.9 Å². The van der Waals surface area contributed by atoms with Gasteiger partial charge in [0.1, 0.15) is 0 Å². The Balaban J connectivity index is 1.39. The zero-order valence-corrected chi connectivity index (χ0v) is 31.4. The van der Waals surface area contributed by atoms with Gasteiger partial charge in [-0.2, -0.15) is 0 Å². The van der Waals surface area contributed by atoms with Crippen molar-refractivity contribution in [1.82, 2.24) is 10.6 Å². The number of carbonyl (C=O) groups is 3. The molecule has 5 aromatic rings. The van der Waals surface area contributed by atoms with Gasteiger partial charge in [-0.3, -0.25) is 0 Å². The van der Waals surface area contributed by atoms with Crippen LogP contribution in [-0.4, -0.2) is 48.4 Å². The molecule has 0 saturated heterocycles. The Hall–Kier alpha value is -4.97. The van der Waals surface area contributed by atoms with Gasteiger partial charge in [-0.15, -0.1) is 0 Å². The Bertz CT molecular complexity index is 1810. The van der Waals surface area contributed by atoms with Crippen LogP contribution in [0.1, 0.15) is 31.9 Å². The van der Waals surface area contributed by atoms with E-state index in [2.05, 4.69) is 10.6 Å². The van der Waals surface area contributed by atoms with Gasteiger partial charge < -0.3 is 0 Å². The molecular formula is C43H46ClN2O5P. The molecule has 7 nitrogen and oxygen atoms in total. The molecule has 9 heteroatoms. The van der Waals surface area contributed by atoms with Crippen molar-refractivity contribution >= 4 is 51.1 Å². The van der Waals surface area contributed by atoms with Crippen LogP contribution in [0.2, 0.25) is 0 Å². The van der Waals surface area contributed by atoms with Crippen LogP contribution in [0.3, 0.4) is 0 Å². The molecule has 0 spiro atoms. The van der Waals surface area contributed by atoms with Crippen LogP contribution < -0.4 is 26.5 Å². The van der Waals surface area contributed by atoms with E-state index in [0.717, 1.165) is 27.0 Å². The van der Waals surface area contributed by atoms with Gasteiger partial charge in [0, 0.05) is 0 Å². The van der Waals surface area contributed by atoms with E-state index in [9.17, 15) is 14.4 Å². The fourth-order valence-electron chi connectivity index (χ4n) is 6.29. The molecule has 0 fully saturated rings. The quantitative estimate of drug-likeness (QED) is 0.0940. The summed E-state index contributed by atoms with van der Waals surface area (Å²) in [6.45, 7) is 5.30. The van der Waals surface area contributed by atoms with Crippen LogP contribution in [0.4, 0.5) is 4.79 Å². The van der Waals surface area contributed by atoms with Gasteiger partial charge in [0.15, 0.2) is 0 Å². The maximum absolute atomic E-state index is 14.0. The van der Waals surface area contributed by atoms with Crippen molar-refractivity contribution in [3.8, 4) is 0 Å². The molecule has 0 radical (unpaired) electrons. The van der Waals surface area contributed by atoms with Crippen molar-refractivity contribution in [1.29, 1.82) is 0 Å². The number of hydrogen-bond acceptors (Lipinski definition) is 5. The zero-order chi connectivity index (χ0) is 37.1. The molecule has 0 aliphatic heterocycles. The van der Waals surface area contributed by atoms with Crippen LogP contribution in [-0.2, 0) is 31.9 Å². The number of rotatable bonds is 14. The second-order valence-corrected chi connectivity index (χ2v) is 20.3. The van der Waals surface area contributed by atoms with Gasteiger partial charge in [0.25, 0.3) is 0 Å². The Morgan fingerprint density at radius 1 is 0.596 bits per heavy atom. The van der Waals surface area contributed by atoms with Crippen LogP contribution >= 0.6 is 17.2 Å². The van der Waals surface area contributed by atoms with Crippen LogP contribution in [0.15, 0.2) is 152 Å². The summed E-state index contributed by atoms with van der Waals surface area (Å²) in [5.74, 6) is -4.80. The third-order valence-electron chi connectivity index (χ3n) is 8.81. The van der Waals surface area contributed by atoms with E-state index in [1.165, 1.54) is 0 Å². The van der Waals surface area contributed by atoms with Gasteiger partial charge in [-0.05, 0) is 20.8 Å². The molecular weight excluding hydrogens is 691 g/mol. The summed E-state index contributed by atoms with van der Waals surface area (Å²) in [6, 6.07) is 46.5. The second kappa shape index (κ2) is 17.0. The number of ether oxygens (including phenoxy) is 2. The van der Waals surface area contributed by atoms with Crippen LogP contribution in [0.25, 0.3) is 0 Å². The predicted octanol–water partition coefficient (Wildman–Crippen LogP) is 7.08. The summed E-state index contributed by atoms with van der Waals surface area (Å²) in [6.07, 6.45) is -0.0813. The number of nitrogens with one attached hydrogen (secondary N) is 2. The molecule has 270 valence electrons. The predicted molar refractivity (Wildman–Crippen MR) is 212 cm³/mol. The fourth-order valence-corrected chi connectivity index (χ4v) is 12.0. The van der Waals surface area contributed by atoms with Crippen LogP contribution in [0.5, 0.6) is 0 Å². The average Bonchev–Trinajstić information content (AvgIpc) is 3.15. The van der Waals surface area contributed by atoms with Gasteiger partial charge in [0.2, 0.25) is 0 Å². The van der Waals surface area contributed by atoms with E-state index in [0.29, 0.717) is 6.16 Å². The SMILES string of the molecule is CC(C)(C)OC(=O)C(Cc1ccccc1)NC(=O)C(Cc1ccccc1)NC(=O)OCCP(Cl)(c1ccccc1)(c1ccccc1)c1ccccc1. The topological polar surface area (TPSA) is 93.7 Å². The number of esters is 1. The van der Waals surface area contributed by atoms with Gasteiger partial charge in [-0.1, -0.05) is 18.2 Å². The Kier molecular flexibility index (Phi) is 12.5. The third-order valence-corrected chi connectivity index (χ3v) is 16.2. The number of halogens is 1. The average molecular weight is 737 g/mol. The first-order chi connectivity index (χ1) is 25.0. The van der Waals surface area contributed by atoms with E-state index in [4.69, 9.17) is 20.7 Å². The molecule has 2 amide bonds. The van der Waals surface area contributed by atoms with E-state index >= 15 is 0 Å². The number of benzene rings is 5. The molecule has 0 aliphatic rings. The van der Waals surface area contributed by atoms with E-state index < -0.39 is 41.6 Å². The standard InChI is InChI=1S/C43H46ClN2O5P/c1-43(2,3)51-41(48)39(32-34-21-11-5-12-22-34)45-40(47)38(31-33-19-9-4-10-20-33)46-42(49)50-29-30-52(44,35-23-13-6-14-24-35,36-25-15-7-16-26-36)37-27-17-8-18-28-37/h4-28,38-39H,29-32H2,1-3H3,(H,45,47)(H,46,49). The molecule has 2 N–H and O–H groups in total. The summed E-state index contributed by atoms with van der Waals surface area (Å²) in [7, 11) is 0. The van der Waals surface area contributed by atoms with Crippen molar-refractivity contribution in [2.24, 2.45) is 0 Å². The first kappa shape index (κ1) is 38.3. The van der Waals surface area contributed by atoms with Gasteiger partial charge in [-0.25, -0.2) is 0 Å². The summed E-state index contributed by atoms with van der Waals surface area (Å²) >= 11 is 8.13. The minimum atomic E-state index is -3.69. The van der Waals surface area contributed by atoms with E-state index in [1.807, 2.05) is 152 Å². The van der Waals surface area contributed by atoms with Crippen molar-refractivity contribution in [2.75, 3.05) is 12.8 Å². The maximum atomic E-state index is 14.0. The van der Waals surface area contributed by atoms with E-state index in [1.54, 1.807) is 20.8 Å². The fraction of sp³-hybridized carbons (Fsp3) is 0.233. The molecule has 0 bridgehead atoms. The molecule has 0 aliphatic carbocycles. The second-order valence-electron chi connectivity index (χ2n) is 13.7. The van der Waals surface area contributed by atoms with Gasteiger partial charge in [0.05, 0.1) is 0 Å². The first-order valence-electron chi connectivity index (χ1n) is 17.4. The number of hydrogen-bond donors (Lipinski definition) is 2. The molecule has 2 unspecified atom stereocenters. The number of amides is 2. The molecule has 5 rings (SSSR count). The summed E-state index contributed by atoms with van der Waals surface area (Å²) in [5, 5.41) is 8.50. The van der Waals surface area contributed by atoms with E-state index in [-0.39, 0.29) is 19.4 Å². The zero-order valence-electron chi connectivity index (χ0n) is 29.8. The number of carbonyl (C=O) groups excluding carboxylic acids is 3. The number of alkyl carbamates (subject to hydrolysis) is 1. The molecule has 0 heterocycles. The van der Waals surface area contributed by atoms with Crippen molar-refractivity contribution in [3.05, 3.63) is 163 Å². The molecule has 0 saturated carbocycles.